The van der Waals surface area contributed by atoms with E-state index >= 15 is 0 Å². The van der Waals surface area contributed by atoms with Crippen LogP contribution in [0.25, 0.3) is 0 Å². The van der Waals surface area contributed by atoms with Crippen molar-refractivity contribution in [2.24, 2.45) is 29.6 Å². The largest absolute Gasteiger partial charge is 0.313 e. The van der Waals surface area contributed by atoms with E-state index in [-0.39, 0.29) is 0 Å². The van der Waals surface area contributed by atoms with E-state index in [4.69, 9.17) is 0 Å². The molecule has 0 aromatic carbocycles. The second-order valence-corrected chi connectivity index (χ2v) is 7.12. The second-order valence-electron chi connectivity index (χ2n) is 7.12. The zero-order valence-electron chi connectivity index (χ0n) is 11.6. The van der Waals surface area contributed by atoms with E-state index in [1.54, 1.807) is 0 Å². The number of hydrogen-bond donors (Lipinski definition) is 1. The Labute approximate surface area is 107 Å². The molecule has 3 aliphatic rings. The normalized spacial score (nSPS) is 38.6. The van der Waals surface area contributed by atoms with E-state index in [0.29, 0.717) is 0 Å². The Kier molecular flexibility index (Phi) is 3.47. The Bertz CT molecular complexity index is 242. The van der Waals surface area contributed by atoms with Gasteiger partial charge < -0.3 is 5.32 Å². The monoisotopic (exact) mass is 235 g/mol. The molecule has 3 unspecified atom stereocenters. The van der Waals surface area contributed by atoms with E-state index in [9.17, 15) is 0 Å². The molecule has 0 bridgehead atoms. The molecule has 3 rings (SSSR count). The van der Waals surface area contributed by atoms with Gasteiger partial charge in [-0.25, -0.2) is 0 Å². The van der Waals surface area contributed by atoms with Gasteiger partial charge in [0, 0.05) is 6.04 Å². The third-order valence-electron chi connectivity index (χ3n) is 5.78. The van der Waals surface area contributed by atoms with E-state index in [1.165, 1.54) is 51.5 Å². The summed E-state index contributed by atoms with van der Waals surface area (Å²) in [7, 11) is 0. The number of hydrogen-bond acceptors (Lipinski definition) is 1. The van der Waals surface area contributed by atoms with Gasteiger partial charge >= 0.3 is 0 Å². The van der Waals surface area contributed by atoms with Crippen molar-refractivity contribution in [1.82, 2.24) is 5.32 Å². The molecule has 3 fully saturated rings. The lowest BCUT2D eigenvalue weighted by Crippen LogP contribution is -2.43. The third-order valence-corrected chi connectivity index (χ3v) is 5.78. The highest BCUT2D eigenvalue weighted by atomic mass is 14.9. The van der Waals surface area contributed by atoms with Crippen LogP contribution in [0.4, 0.5) is 0 Å². The van der Waals surface area contributed by atoms with Crippen molar-refractivity contribution in [3.8, 4) is 0 Å². The summed E-state index contributed by atoms with van der Waals surface area (Å²) in [5, 5.41) is 3.94. The molecular formula is C16H29N. The van der Waals surface area contributed by atoms with Crippen LogP contribution in [0.2, 0.25) is 0 Å². The van der Waals surface area contributed by atoms with Crippen LogP contribution in [0, 0.1) is 29.6 Å². The van der Waals surface area contributed by atoms with Gasteiger partial charge in [0.05, 0.1) is 0 Å². The lowest BCUT2D eigenvalue weighted by molar-refractivity contribution is 0.195. The summed E-state index contributed by atoms with van der Waals surface area (Å²) in [4.78, 5) is 0. The molecule has 0 amide bonds. The number of nitrogens with one attached hydrogen (secondary N) is 1. The molecule has 1 heteroatoms. The summed E-state index contributed by atoms with van der Waals surface area (Å²) < 4.78 is 0. The average molecular weight is 235 g/mol. The highest BCUT2D eigenvalue weighted by molar-refractivity contribution is 4.93. The zero-order valence-corrected chi connectivity index (χ0v) is 11.6. The highest BCUT2D eigenvalue weighted by Gasteiger charge is 2.41. The van der Waals surface area contributed by atoms with Gasteiger partial charge in [0.1, 0.15) is 0 Å². The minimum Gasteiger partial charge on any atom is -0.313 e. The highest BCUT2D eigenvalue weighted by Crippen LogP contribution is 2.49. The van der Waals surface area contributed by atoms with Crippen molar-refractivity contribution >= 4 is 0 Å². The maximum absolute atomic E-state index is 3.94. The van der Waals surface area contributed by atoms with Crippen LogP contribution in [0.1, 0.15) is 58.8 Å². The van der Waals surface area contributed by atoms with Crippen LogP contribution in [-0.2, 0) is 0 Å². The minimum atomic E-state index is 0.818. The first kappa shape index (κ1) is 12.0. The number of rotatable bonds is 5. The van der Waals surface area contributed by atoms with Crippen molar-refractivity contribution < 1.29 is 0 Å². The lowest BCUT2D eigenvalue weighted by Gasteiger charge is -2.35. The van der Waals surface area contributed by atoms with Crippen LogP contribution in [0.15, 0.2) is 0 Å². The Morgan fingerprint density at radius 2 is 1.59 bits per heavy atom. The van der Waals surface area contributed by atoms with Crippen molar-refractivity contribution in [3.63, 3.8) is 0 Å². The Balaban J connectivity index is 1.48. The van der Waals surface area contributed by atoms with Crippen LogP contribution in [-0.4, -0.2) is 12.6 Å². The standard InChI is InChI=1S/C16H29N/c1-11-4-3-5-16(12(11)2)17-10-15(13-6-7-13)14-8-9-14/h11-17H,3-10H2,1-2H3. The molecule has 0 radical (unpaired) electrons. The summed E-state index contributed by atoms with van der Waals surface area (Å²) in [5.74, 6) is 5.07. The molecule has 0 aliphatic heterocycles. The van der Waals surface area contributed by atoms with E-state index in [2.05, 4.69) is 19.2 Å². The smallest absolute Gasteiger partial charge is 0.00953 e. The van der Waals surface area contributed by atoms with Gasteiger partial charge in [-0.1, -0.05) is 26.7 Å². The SMILES string of the molecule is CC1CCCC(NCC(C2CC2)C2CC2)C1C. The molecule has 1 N–H and O–H groups in total. The quantitative estimate of drug-likeness (QED) is 0.763. The van der Waals surface area contributed by atoms with Gasteiger partial charge in [-0.15, -0.1) is 0 Å². The molecular weight excluding hydrogens is 206 g/mol. The molecule has 3 saturated carbocycles. The van der Waals surface area contributed by atoms with Gasteiger partial charge in [-0.3, -0.25) is 0 Å². The molecule has 0 aromatic rings. The molecule has 0 saturated heterocycles. The van der Waals surface area contributed by atoms with Crippen molar-refractivity contribution in [2.45, 2.75) is 64.8 Å². The van der Waals surface area contributed by atoms with Gasteiger partial charge in [-0.2, -0.15) is 0 Å². The van der Waals surface area contributed by atoms with Gasteiger partial charge in [-0.05, 0) is 68.2 Å². The predicted molar refractivity (Wildman–Crippen MR) is 72.9 cm³/mol. The fourth-order valence-electron chi connectivity index (χ4n) is 3.92. The van der Waals surface area contributed by atoms with Crippen LogP contribution in [0.3, 0.4) is 0 Å². The topological polar surface area (TPSA) is 12.0 Å². The van der Waals surface area contributed by atoms with E-state index in [1.807, 2.05) is 0 Å². The average Bonchev–Trinajstić information content (AvgIpc) is 3.14. The summed E-state index contributed by atoms with van der Waals surface area (Å²) in [6.45, 7) is 6.24. The summed E-state index contributed by atoms with van der Waals surface area (Å²) in [6.07, 6.45) is 10.4. The molecule has 1 nitrogen and oxygen atoms in total. The first-order valence-electron chi connectivity index (χ1n) is 7.99. The zero-order chi connectivity index (χ0) is 11.8. The fourth-order valence-corrected chi connectivity index (χ4v) is 3.92. The van der Waals surface area contributed by atoms with E-state index < -0.39 is 0 Å². The molecule has 0 heterocycles. The van der Waals surface area contributed by atoms with Crippen LogP contribution < -0.4 is 5.32 Å². The first-order chi connectivity index (χ1) is 8.25. The van der Waals surface area contributed by atoms with Gasteiger partial charge in [0.25, 0.3) is 0 Å². The Morgan fingerprint density at radius 1 is 0.941 bits per heavy atom. The molecule has 98 valence electrons. The Morgan fingerprint density at radius 3 is 2.18 bits per heavy atom. The summed E-state index contributed by atoms with van der Waals surface area (Å²) in [6, 6.07) is 0.818. The summed E-state index contributed by atoms with van der Waals surface area (Å²) in [5.41, 5.74) is 0. The van der Waals surface area contributed by atoms with Crippen LogP contribution >= 0.6 is 0 Å². The first-order valence-corrected chi connectivity index (χ1v) is 7.99. The summed E-state index contributed by atoms with van der Waals surface area (Å²) >= 11 is 0. The van der Waals surface area contributed by atoms with Gasteiger partial charge in [0.15, 0.2) is 0 Å². The lowest BCUT2D eigenvalue weighted by atomic mass is 9.78. The van der Waals surface area contributed by atoms with Crippen molar-refractivity contribution in [3.05, 3.63) is 0 Å². The molecule has 17 heavy (non-hydrogen) atoms. The second kappa shape index (κ2) is 4.91. The molecule has 0 spiro atoms. The van der Waals surface area contributed by atoms with Crippen molar-refractivity contribution in [2.75, 3.05) is 6.54 Å². The van der Waals surface area contributed by atoms with Gasteiger partial charge in [0.2, 0.25) is 0 Å². The molecule has 3 atom stereocenters. The molecule has 0 aromatic heterocycles. The predicted octanol–water partition coefficient (Wildman–Crippen LogP) is 3.84. The fraction of sp³-hybridized carbons (Fsp3) is 1.00. The van der Waals surface area contributed by atoms with E-state index in [0.717, 1.165) is 35.6 Å². The minimum absolute atomic E-state index is 0.818. The maximum atomic E-state index is 3.94. The van der Waals surface area contributed by atoms with Crippen LogP contribution in [0.5, 0.6) is 0 Å². The molecule has 3 aliphatic carbocycles. The maximum Gasteiger partial charge on any atom is 0.00953 e. The Hall–Kier alpha value is -0.0400. The van der Waals surface area contributed by atoms with Crippen molar-refractivity contribution in [1.29, 1.82) is 0 Å². The third kappa shape index (κ3) is 2.86.